The zero-order valence-electron chi connectivity index (χ0n) is 18.7. The quantitative estimate of drug-likeness (QED) is 0.391. The standard InChI is InChI=1S/C30H28N2O/c1-2-23-13-15-24(16-14-23)22-33-28-19-17-26(18-20-28)30-21-29(25-9-5-3-6-10-25)31-32(30)27-11-7-4-8-12-27/h2-7,9-11,13-20,30H,1,8,12,21-22H2. The largest absolute Gasteiger partial charge is 0.489 e. The molecule has 0 spiro atoms. The summed E-state index contributed by atoms with van der Waals surface area (Å²) in [5.41, 5.74) is 7.12. The monoisotopic (exact) mass is 432 g/mol. The maximum Gasteiger partial charge on any atom is 0.119 e. The van der Waals surface area contributed by atoms with Crippen molar-refractivity contribution in [2.24, 2.45) is 5.10 Å². The van der Waals surface area contributed by atoms with Crippen molar-refractivity contribution in [2.45, 2.75) is 31.9 Å². The molecule has 3 aromatic carbocycles. The molecule has 1 aliphatic carbocycles. The molecular formula is C30H28N2O. The molecule has 5 rings (SSSR count). The summed E-state index contributed by atoms with van der Waals surface area (Å²) in [6.07, 6.45) is 11.4. The third-order valence-electron chi connectivity index (χ3n) is 6.19. The molecule has 3 nitrogen and oxygen atoms in total. The molecule has 164 valence electrons. The Morgan fingerprint density at radius 2 is 1.76 bits per heavy atom. The van der Waals surface area contributed by atoms with Crippen LogP contribution < -0.4 is 4.74 Å². The number of ether oxygens (including phenoxy) is 1. The molecule has 1 unspecified atom stereocenters. The maximum absolute atomic E-state index is 6.03. The van der Waals surface area contributed by atoms with Crippen molar-refractivity contribution in [3.05, 3.63) is 132 Å². The predicted molar refractivity (Wildman–Crippen MR) is 136 cm³/mol. The van der Waals surface area contributed by atoms with Crippen LogP contribution in [-0.4, -0.2) is 10.7 Å². The second-order valence-corrected chi connectivity index (χ2v) is 8.41. The van der Waals surface area contributed by atoms with E-state index in [0.717, 1.165) is 41.9 Å². The van der Waals surface area contributed by atoms with E-state index in [1.54, 1.807) is 0 Å². The summed E-state index contributed by atoms with van der Waals surface area (Å²) in [6.45, 7) is 4.35. The van der Waals surface area contributed by atoms with Gasteiger partial charge in [0.25, 0.3) is 0 Å². The lowest BCUT2D eigenvalue weighted by atomic mass is 9.97. The van der Waals surface area contributed by atoms with Crippen molar-refractivity contribution < 1.29 is 4.74 Å². The molecule has 0 fully saturated rings. The molecule has 0 saturated carbocycles. The van der Waals surface area contributed by atoms with E-state index in [-0.39, 0.29) is 6.04 Å². The fraction of sp³-hybridized carbons (Fsp3) is 0.167. The number of hydrogen-bond acceptors (Lipinski definition) is 3. The fourth-order valence-electron chi connectivity index (χ4n) is 4.32. The van der Waals surface area contributed by atoms with Gasteiger partial charge in [-0.2, -0.15) is 5.10 Å². The first-order valence-corrected chi connectivity index (χ1v) is 11.5. The normalized spacial score (nSPS) is 17.5. The Morgan fingerprint density at radius 3 is 2.45 bits per heavy atom. The van der Waals surface area contributed by atoms with Crippen LogP contribution in [-0.2, 0) is 6.61 Å². The van der Waals surface area contributed by atoms with E-state index in [9.17, 15) is 0 Å². The highest BCUT2D eigenvalue weighted by Gasteiger charge is 2.31. The van der Waals surface area contributed by atoms with Gasteiger partial charge in [-0.3, -0.25) is 5.01 Å². The molecular weight excluding hydrogens is 404 g/mol. The lowest BCUT2D eigenvalue weighted by Gasteiger charge is -2.27. The molecule has 2 aliphatic rings. The van der Waals surface area contributed by atoms with Gasteiger partial charge in [0.2, 0.25) is 0 Å². The number of rotatable bonds is 7. The summed E-state index contributed by atoms with van der Waals surface area (Å²) < 4.78 is 6.03. The molecule has 1 atom stereocenters. The van der Waals surface area contributed by atoms with Gasteiger partial charge in [-0.1, -0.05) is 91.5 Å². The molecule has 0 aromatic heterocycles. The summed E-state index contributed by atoms with van der Waals surface area (Å²) in [6, 6.07) is 27.5. The Balaban J connectivity index is 1.33. The Hall–Kier alpha value is -3.85. The third-order valence-corrected chi connectivity index (χ3v) is 6.19. The number of allylic oxidation sites excluding steroid dienone is 4. The van der Waals surface area contributed by atoms with Gasteiger partial charge in [-0.05, 0) is 53.3 Å². The van der Waals surface area contributed by atoms with Crippen LogP contribution in [0.5, 0.6) is 5.75 Å². The van der Waals surface area contributed by atoms with Crippen molar-refractivity contribution in [1.29, 1.82) is 0 Å². The molecule has 0 amide bonds. The Labute approximate surface area is 196 Å². The minimum absolute atomic E-state index is 0.193. The summed E-state index contributed by atoms with van der Waals surface area (Å²) in [5.74, 6) is 0.875. The van der Waals surface area contributed by atoms with Crippen molar-refractivity contribution in [1.82, 2.24) is 5.01 Å². The Kier molecular flexibility index (Phi) is 6.21. The van der Waals surface area contributed by atoms with Crippen LogP contribution in [0, 0.1) is 0 Å². The number of nitrogens with zero attached hydrogens (tertiary/aromatic N) is 2. The number of benzene rings is 3. The van der Waals surface area contributed by atoms with Crippen molar-refractivity contribution in [3.63, 3.8) is 0 Å². The van der Waals surface area contributed by atoms with E-state index in [1.807, 2.05) is 6.08 Å². The average molecular weight is 433 g/mol. The van der Waals surface area contributed by atoms with Gasteiger partial charge in [0.05, 0.1) is 11.8 Å². The maximum atomic E-state index is 6.03. The number of hydrogen-bond donors (Lipinski definition) is 0. The molecule has 3 heteroatoms. The van der Waals surface area contributed by atoms with E-state index >= 15 is 0 Å². The van der Waals surface area contributed by atoms with Gasteiger partial charge in [0.1, 0.15) is 12.4 Å². The first kappa shape index (κ1) is 21.0. The Morgan fingerprint density at radius 1 is 0.970 bits per heavy atom. The molecule has 0 saturated heterocycles. The van der Waals surface area contributed by atoms with Gasteiger partial charge in [0, 0.05) is 12.1 Å². The van der Waals surface area contributed by atoms with Gasteiger partial charge < -0.3 is 4.74 Å². The topological polar surface area (TPSA) is 24.8 Å². The van der Waals surface area contributed by atoms with Crippen LogP contribution in [0.3, 0.4) is 0 Å². The van der Waals surface area contributed by atoms with Gasteiger partial charge in [-0.25, -0.2) is 0 Å². The minimum atomic E-state index is 0.193. The number of hydrazone groups is 1. The summed E-state index contributed by atoms with van der Waals surface area (Å²) in [5, 5.41) is 7.29. The van der Waals surface area contributed by atoms with Gasteiger partial charge in [0.15, 0.2) is 0 Å². The van der Waals surface area contributed by atoms with Crippen LogP contribution in [0.1, 0.15) is 47.6 Å². The molecule has 33 heavy (non-hydrogen) atoms. The average Bonchev–Trinajstić information content (AvgIpc) is 3.35. The van der Waals surface area contributed by atoms with Crippen LogP contribution in [0.4, 0.5) is 0 Å². The molecule has 3 aromatic rings. The first-order chi connectivity index (χ1) is 16.3. The van der Waals surface area contributed by atoms with Crippen LogP contribution in [0.15, 0.2) is 114 Å². The molecule has 1 aliphatic heterocycles. The zero-order chi connectivity index (χ0) is 22.5. The molecule has 0 bridgehead atoms. The van der Waals surface area contributed by atoms with Crippen molar-refractivity contribution >= 4 is 11.8 Å². The smallest absolute Gasteiger partial charge is 0.119 e. The zero-order valence-corrected chi connectivity index (χ0v) is 18.7. The van der Waals surface area contributed by atoms with Crippen LogP contribution in [0.25, 0.3) is 6.08 Å². The van der Waals surface area contributed by atoms with E-state index < -0.39 is 0 Å². The molecule has 0 radical (unpaired) electrons. The minimum Gasteiger partial charge on any atom is -0.489 e. The highest BCUT2D eigenvalue weighted by Crippen LogP contribution is 2.38. The van der Waals surface area contributed by atoms with E-state index in [4.69, 9.17) is 9.84 Å². The molecule has 0 N–H and O–H groups in total. The second kappa shape index (κ2) is 9.74. The summed E-state index contributed by atoms with van der Waals surface area (Å²) in [4.78, 5) is 0. The fourth-order valence-corrected chi connectivity index (χ4v) is 4.32. The second-order valence-electron chi connectivity index (χ2n) is 8.41. The predicted octanol–water partition coefficient (Wildman–Crippen LogP) is 7.29. The van der Waals surface area contributed by atoms with Crippen molar-refractivity contribution in [3.8, 4) is 5.75 Å². The van der Waals surface area contributed by atoms with E-state index in [0.29, 0.717) is 6.61 Å². The van der Waals surface area contributed by atoms with Crippen LogP contribution >= 0.6 is 0 Å². The van der Waals surface area contributed by atoms with E-state index in [1.165, 1.54) is 16.8 Å². The first-order valence-electron chi connectivity index (χ1n) is 11.5. The highest BCUT2D eigenvalue weighted by molar-refractivity contribution is 6.01. The van der Waals surface area contributed by atoms with E-state index in [2.05, 4.69) is 109 Å². The van der Waals surface area contributed by atoms with Crippen LogP contribution in [0.2, 0.25) is 0 Å². The highest BCUT2D eigenvalue weighted by atomic mass is 16.5. The lowest BCUT2D eigenvalue weighted by molar-refractivity contribution is 0.287. The van der Waals surface area contributed by atoms with Gasteiger partial charge in [-0.15, -0.1) is 0 Å². The third kappa shape index (κ3) is 4.83. The Bertz CT molecular complexity index is 1190. The molecule has 1 heterocycles. The SMILES string of the molecule is C=Cc1ccc(COc2ccc(C3CC(c4ccccc4)=NN3C3=CC=CCC3)cc2)cc1. The summed E-state index contributed by atoms with van der Waals surface area (Å²) >= 11 is 0. The summed E-state index contributed by atoms with van der Waals surface area (Å²) in [7, 11) is 0. The lowest BCUT2D eigenvalue weighted by Crippen LogP contribution is -2.19. The van der Waals surface area contributed by atoms with Crippen molar-refractivity contribution in [2.75, 3.05) is 0 Å². The van der Waals surface area contributed by atoms with Gasteiger partial charge >= 0.3 is 0 Å².